The maximum absolute atomic E-state index is 10.7. The Labute approximate surface area is 270 Å². The number of hydrogen-bond acceptors (Lipinski definition) is 11. The van der Waals surface area contributed by atoms with Gasteiger partial charge in [0.05, 0.1) is 23.5 Å². The van der Waals surface area contributed by atoms with Crippen LogP contribution in [-0.4, -0.2) is 104 Å². The summed E-state index contributed by atoms with van der Waals surface area (Å²) in [7, 11) is 2.21. The second-order valence-electron chi connectivity index (χ2n) is 13.1. The van der Waals surface area contributed by atoms with Crippen LogP contribution in [0.2, 0.25) is 0 Å². The molecule has 3 fully saturated rings. The van der Waals surface area contributed by atoms with Crippen molar-refractivity contribution >= 4 is 34.0 Å². The number of aliphatic hydroxyl groups excluding tert-OH is 2. The Hall–Kier alpha value is -3.81. The highest BCUT2D eigenvalue weighted by atomic mass is 16.3. The normalized spacial score (nSPS) is 22.7. The number of aromatic amines is 1. The highest BCUT2D eigenvalue weighted by Crippen LogP contribution is 2.36. The van der Waals surface area contributed by atoms with E-state index < -0.39 is 6.23 Å². The number of nitrogens with two attached hydrogens (primary N) is 1. The highest BCUT2D eigenvalue weighted by molar-refractivity contribution is 5.93. The summed E-state index contributed by atoms with van der Waals surface area (Å²) in [6.07, 6.45) is 5.55. The van der Waals surface area contributed by atoms with E-state index in [1.807, 2.05) is 30.3 Å². The molecule has 1 unspecified atom stereocenters. The number of rotatable bonds is 8. The number of para-hydroxylation sites is 1. The lowest BCUT2D eigenvalue weighted by molar-refractivity contribution is 0.0982. The Morgan fingerprint density at radius 3 is 2.35 bits per heavy atom. The van der Waals surface area contributed by atoms with Crippen LogP contribution in [0.1, 0.15) is 50.4 Å². The third kappa shape index (κ3) is 6.67. The molecule has 1 aliphatic carbocycles. The van der Waals surface area contributed by atoms with Gasteiger partial charge in [-0.3, -0.25) is 4.90 Å². The molecule has 1 saturated carbocycles. The summed E-state index contributed by atoms with van der Waals surface area (Å²) in [5.74, 6) is 0.982. The zero-order valence-corrected chi connectivity index (χ0v) is 26.6. The average Bonchev–Trinajstić information content (AvgIpc) is 3.56. The number of aromatic nitrogens is 4. The second-order valence-corrected chi connectivity index (χ2v) is 13.1. The number of hydrogen-bond donors (Lipinski definition) is 6. The van der Waals surface area contributed by atoms with Crippen LogP contribution < -0.4 is 21.3 Å². The molecule has 0 spiro atoms. The molecule has 1 atom stereocenters. The van der Waals surface area contributed by atoms with Gasteiger partial charge in [0, 0.05) is 68.3 Å². The Bertz CT molecular complexity index is 1600. The molecule has 0 bridgehead atoms. The van der Waals surface area contributed by atoms with E-state index in [2.05, 4.69) is 54.5 Å². The fraction of sp³-hybridized carbons (Fsp3) is 0.500. The molecule has 2 saturated heterocycles. The minimum absolute atomic E-state index is 0.135. The number of piperidine rings is 1. The van der Waals surface area contributed by atoms with Crippen LogP contribution >= 0.6 is 0 Å². The van der Waals surface area contributed by atoms with Gasteiger partial charge < -0.3 is 41.4 Å². The van der Waals surface area contributed by atoms with Crippen LogP contribution in [0.4, 0.5) is 23.0 Å². The molecule has 0 amide bonds. The van der Waals surface area contributed by atoms with E-state index in [-0.39, 0.29) is 17.8 Å². The fourth-order valence-corrected chi connectivity index (χ4v) is 7.17. The lowest BCUT2D eigenvalue weighted by Gasteiger charge is -2.42. The van der Waals surface area contributed by atoms with E-state index in [1.165, 1.54) is 31.6 Å². The van der Waals surface area contributed by atoms with Crippen molar-refractivity contribution in [3.63, 3.8) is 0 Å². The number of aliphatic hydroxyl groups is 2. The van der Waals surface area contributed by atoms with Crippen LogP contribution in [0.25, 0.3) is 22.3 Å². The fourth-order valence-electron chi connectivity index (χ4n) is 7.17. The SMILES string of the molecule is CN1CCN(C2CCN(c3ccc(Nc4nc(N[C@H]5CC[C@H](O)CC5)c(-c5cccc6[nH]cnc56)nc4C(N)O)cc3)CC2)CC1. The Balaban J connectivity index is 1.12. The number of benzene rings is 2. The lowest BCUT2D eigenvalue weighted by Crippen LogP contribution is -2.52. The molecule has 12 nitrogen and oxygen atoms in total. The second kappa shape index (κ2) is 13.5. The monoisotopic (exact) mass is 626 g/mol. The standard InChI is InChI=1S/C34H46N10O2/c1-42-17-19-44(20-18-42)25-13-15-43(16-14-25)24-9-5-22(6-10-24)39-34-31(32(35)46)40-30(27-3-2-4-28-29(27)37-21-36-28)33(41-34)38-23-7-11-26(45)12-8-23/h2-6,9-10,21,23,25-26,32,45-46H,7-8,11-20,35H2,1H3,(H,36,37)(H2,38,39,41)/t23-,26-,32?. The molecule has 46 heavy (non-hydrogen) atoms. The first-order chi connectivity index (χ1) is 22.4. The van der Waals surface area contributed by atoms with Crippen LogP contribution in [0, 0.1) is 0 Å². The number of nitrogens with zero attached hydrogens (tertiary/aromatic N) is 6. The van der Waals surface area contributed by atoms with Crippen LogP contribution in [0.5, 0.6) is 0 Å². The molecule has 244 valence electrons. The lowest BCUT2D eigenvalue weighted by atomic mass is 9.93. The number of H-pyrrole nitrogens is 1. The maximum Gasteiger partial charge on any atom is 0.158 e. The molecule has 7 rings (SSSR count). The first kappa shape index (κ1) is 30.8. The smallest absolute Gasteiger partial charge is 0.158 e. The van der Waals surface area contributed by atoms with Crippen molar-refractivity contribution in [2.45, 2.75) is 62.9 Å². The number of imidazole rings is 1. The number of likely N-dealkylation sites (N-methyl/N-ethyl adjacent to an activating group) is 1. The van der Waals surface area contributed by atoms with Crippen molar-refractivity contribution in [3.05, 3.63) is 54.5 Å². The summed E-state index contributed by atoms with van der Waals surface area (Å²) >= 11 is 0. The minimum Gasteiger partial charge on any atom is -0.393 e. The molecule has 0 radical (unpaired) electrons. The first-order valence-corrected chi connectivity index (χ1v) is 16.7. The summed E-state index contributed by atoms with van der Waals surface area (Å²) in [5, 5.41) is 27.7. The largest absolute Gasteiger partial charge is 0.393 e. The predicted molar refractivity (Wildman–Crippen MR) is 182 cm³/mol. The Morgan fingerprint density at radius 1 is 0.891 bits per heavy atom. The van der Waals surface area contributed by atoms with Gasteiger partial charge in [0.2, 0.25) is 0 Å². The van der Waals surface area contributed by atoms with Gasteiger partial charge in [0.1, 0.15) is 17.6 Å². The van der Waals surface area contributed by atoms with Crippen molar-refractivity contribution in [1.82, 2.24) is 29.7 Å². The maximum atomic E-state index is 10.7. The average molecular weight is 627 g/mol. The van der Waals surface area contributed by atoms with E-state index >= 15 is 0 Å². The summed E-state index contributed by atoms with van der Waals surface area (Å²) in [5.41, 5.74) is 11.4. The molecule has 2 aromatic carbocycles. The highest BCUT2D eigenvalue weighted by Gasteiger charge is 2.28. The van der Waals surface area contributed by atoms with Crippen molar-refractivity contribution in [1.29, 1.82) is 0 Å². The van der Waals surface area contributed by atoms with Gasteiger partial charge in [-0.2, -0.15) is 0 Å². The first-order valence-electron chi connectivity index (χ1n) is 16.7. The van der Waals surface area contributed by atoms with Crippen molar-refractivity contribution in [3.8, 4) is 11.3 Å². The predicted octanol–water partition coefficient (Wildman–Crippen LogP) is 3.64. The van der Waals surface area contributed by atoms with Crippen LogP contribution in [0.15, 0.2) is 48.8 Å². The third-order valence-electron chi connectivity index (χ3n) is 9.96. The van der Waals surface area contributed by atoms with Crippen molar-refractivity contribution in [2.75, 3.05) is 61.8 Å². The molecule has 2 aliphatic heterocycles. The number of fused-ring (bicyclic) bond motifs is 1. The van der Waals surface area contributed by atoms with Gasteiger partial charge in [-0.25, -0.2) is 15.0 Å². The third-order valence-corrected chi connectivity index (χ3v) is 9.96. The molecule has 4 heterocycles. The zero-order chi connectivity index (χ0) is 31.6. The number of piperazine rings is 1. The summed E-state index contributed by atoms with van der Waals surface area (Å²) in [4.78, 5) is 25.2. The molecule has 7 N–H and O–H groups in total. The summed E-state index contributed by atoms with van der Waals surface area (Å²) in [6, 6.07) is 15.0. The van der Waals surface area contributed by atoms with E-state index in [4.69, 9.17) is 15.7 Å². The number of anilines is 4. The summed E-state index contributed by atoms with van der Waals surface area (Å²) < 4.78 is 0. The Kier molecular flexibility index (Phi) is 9.05. The van der Waals surface area contributed by atoms with Crippen LogP contribution in [-0.2, 0) is 0 Å². The van der Waals surface area contributed by atoms with Gasteiger partial charge in [-0.15, -0.1) is 0 Å². The van der Waals surface area contributed by atoms with E-state index in [9.17, 15) is 10.2 Å². The quantitative estimate of drug-likeness (QED) is 0.159. The van der Waals surface area contributed by atoms with Crippen LogP contribution in [0.3, 0.4) is 0 Å². The molecule has 3 aliphatic rings. The van der Waals surface area contributed by atoms with Gasteiger partial charge >= 0.3 is 0 Å². The molecule has 2 aromatic heterocycles. The van der Waals surface area contributed by atoms with E-state index in [1.54, 1.807) is 6.33 Å². The van der Waals surface area contributed by atoms with Gasteiger partial charge in [-0.05, 0) is 75.9 Å². The zero-order valence-electron chi connectivity index (χ0n) is 26.6. The Morgan fingerprint density at radius 2 is 1.63 bits per heavy atom. The van der Waals surface area contributed by atoms with Gasteiger partial charge in [0.25, 0.3) is 0 Å². The topological polar surface area (TPSA) is 155 Å². The van der Waals surface area contributed by atoms with E-state index in [0.29, 0.717) is 23.4 Å². The van der Waals surface area contributed by atoms with Gasteiger partial charge in [-0.1, -0.05) is 12.1 Å². The van der Waals surface area contributed by atoms with Crippen molar-refractivity contribution < 1.29 is 10.2 Å². The molecular weight excluding hydrogens is 580 g/mol. The molecule has 4 aromatic rings. The summed E-state index contributed by atoms with van der Waals surface area (Å²) in [6.45, 7) is 6.77. The molecular formula is C34H46N10O2. The van der Waals surface area contributed by atoms with E-state index in [0.717, 1.165) is 74.1 Å². The van der Waals surface area contributed by atoms with Crippen molar-refractivity contribution in [2.24, 2.45) is 5.73 Å². The molecule has 12 heteroatoms. The minimum atomic E-state index is -1.34. The number of nitrogens with one attached hydrogen (secondary N) is 3. The van der Waals surface area contributed by atoms with Gasteiger partial charge in [0.15, 0.2) is 11.6 Å².